The van der Waals surface area contributed by atoms with Crippen LogP contribution in [0.5, 0.6) is 0 Å². The summed E-state index contributed by atoms with van der Waals surface area (Å²) in [5.41, 5.74) is 7.35. The van der Waals surface area contributed by atoms with E-state index in [0.717, 1.165) is 19.4 Å². The zero-order valence-electron chi connectivity index (χ0n) is 9.78. The number of hydrogen-bond acceptors (Lipinski definition) is 2. The maximum absolute atomic E-state index is 5.97. The zero-order valence-corrected chi connectivity index (χ0v) is 10.6. The first-order chi connectivity index (χ1) is 7.27. The van der Waals surface area contributed by atoms with Crippen LogP contribution in [0.25, 0.3) is 0 Å². The third-order valence-corrected chi connectivity index (χ3v) is 3.36. The molecule has 2 nitrogen and oxygen atoms in total. The Labute approximate surface area is 97.2 Å². The van der Waals surface area contributed by atoms with E-state index in [-0.39, 0.29) is 0 Å². The minimum Gasteiger partial charge on any atom is -0.351 e. The van der Waals surface area contributed by atoms with Crippen LogP contribution in [0.15, 0.2) is 18.3 Å². The second-order valence-electron chi connectivity index (χ2n) is 3.91. The Morgan fingerprint density at radius 2 is 2.33 bits per heavy atom. The minimum atomic E-state index is 0.305. The van der Waals surface area contributed by atoms with E-state index in [2.05, 4.69) is 36.1 Å². The second kappa shape index (κ2) is 6.96. The summed E-state index contributed by atoms with van der Waals surface area (Å²) >= 11 is 1.91. The molecule has 1 rings (SSSR count). The molecule has 0 aliphatic rings. The smallest absolute Gasteiger partial charge is 0.0230 e. The lowest BCUT2D eigenvalue weighted by Crippen LogP contribution is -2.23. The highest BCUT2D eigenvalue weighted by atomic mass is 32.2. The average molecular weight is 226 g/mol. The van der Waals surface area contributed by atoms with E-state index >= 15 is 0 Å². The van der Waals surface area contributed by atoms with E-state index in [1.54, 1.807) is 0 Å². The predicted octanol–water partition coefficient (Wildman–Crippen LogP) is 2.52. The van der Waals surface area contributed by atoms with E-state index < -0.39 is 0 Å². The Bertz CT molecular complexity index is 270. The highest BCUT2D eigenvalue weighted by molar-refractivity contribution is 7.98. The molecule has 0 spiro atoms. The van der Waals surface area contributed by atoms with Gasteiger partial charge >= 0.3 is 0 Å². The fraction of sp³-hybridized carbons (Fsp3) is 0.667. The molecular weight excluding hydrogens is 204 g/mol. The monoisotopic (exact) mass is 226 g/mol. The van der Waals surface area contributed by atoms with Gasteiger partial charge in [0.2, 0.25) is 0 Å². The third kappa shape index (κ3) is 4.31. The van der Waals surface area contributed by atoms with Crippen molar-refractivity contribution in [3.63, 3.8) is 0 Å². The molecule has 2 N–H and O–H groups in total. The van der Waals surface area contributed by atoms with Gasteiger partial charge in [0.1, 0.15) is 0 Å². The lowest BCUT2D eigenvalue weighted by molar-refractivity contribution is 0.588. The van der Waals surface area contributed by atoms with E-state index in [9.17, 15) is 0 Å². The quantitative estimate of drug-likeness (QED) is 0.724. The number of rotatable bonds is 7. The molecule has 86 valence electrons. The molecule has 3 heteroatoms. The fourth-order valence-corrected chi connectivity index (χ4v) is 2.06. The number of hydrogen-bond donors (Lipinski definition) is 1. The Kier molecular flexibility index (Phi) is 5.88. The van der Waals surface area contributed by atoms with E-state index in [4.69, 9.17) is 5.73 Å². The van der Waals surface area contributed by atoms with Gasteiger partial charge in [0, 0.05) is 30.9 Å². The first-order valence-corrected chi connectivity index (χ1v) is 7.05. The lowest BCUT2D eigenvalue weighted by atomic mass is 10.1. The molecule has 0 fully saturated rings. The summed E-state index contributed by atoms with van der Waals surface area (Å²) < 4.78 is 2.34. The fourth-order valence-electron chi connectivity index (χ4n) is 1.65. The lowest BCUT2D eigenvalue weighted by Gasteiger charge is -2.12. The molecule has 0 amide bonds. The highest BCUT2D eigenvalue weighted by Crippen LogP contribution is 2.08. The molecule has 1 aromatic rings. The molecule has 0 aliphatic carbocycles. The molecular formula is C12H22N2S. The van der Waals surface area contributed by atoms with Crippen LogP contribution < -0.4 is 5.73 Å². The normalized spacial score (nSPS) is 13.0. The Hall–Kier alpha value is -0.410. The summed E-state index contributed by atoms with van der Waals surface area (Å²) in [6, 6.07) is 4.62. The largest absolute Gasteiger partial charge is 0.351 e. The van der Waals surface area contributed by atoms with Crippen LogP contribution in [0, 0.1) is 0 Å². The van der Waals surface area contributed by atoms with Gasteiger partial charge in [0.25, 0.3) is 0 Å². The summed E-state index contributed by atoms with van der Waals surface area (Å²) in [5, 5.41) is 0. The molecule has 0 saturated heterocycles. The SMILES string of the molecule is CCC(N)Cc1cccn1CCCSC. The summed E-state index contributed by atoms with van der Waals surface area (Å²) in [5.74, 6) is 1.23. The number of nitrogens with zero attached hydrogens (tertiary/aromatic N) is 1. The van der Waals surface area contributed by atoms with E-state index in [0.29, 0.717) is 6.04 Å². The van der Waals surface area contributed by atoms with Crippen molar-refractivity contribution in [2.75, 3.05) is 12.0 Å². The first-order valence-electron chi connectivity index (χ1n) is 5.66. The summed E-state index contributed by atoms with van der Waals surface area (Å²) in [4.78, 5) is 0. The van der Waals surface area contributed by atoms with Crippen molar-refractivity contribution in [1.82, 2.24) is 4.57 Å². The van der Waals surface area contributed by atoms with Crippen molar-refractivity contribution in [3.05, 3.63) is 24.0 Å². The van der Waals surface area contributed by atoms with Crippen molar-refractivity contribution in [1.29, 1.82) is 0 Å². The third-order valence-electron chi connectivity index (χ3n) is 2.67. The van der Waals surface area contributed by atoms with Crippen LogP contribution >= 0.6 is 11.8 Å². The summed E-state index contributed by atoms with van der Waals surface area (Å²) in [7, 11) is 0. The maximum atomic E-state index is 5.97. The van der Waals surface area contributed by atoms with Gasteiger partial charge in [0.15, 0.2) is 0 Å². The number of thioether (sulfide) groups is 1. The molecule has 0 saturated carbocycles. The van der Waals surface area contributed by atoms with Crippen molar-refractivity contribution < 1.29 is 0 Å². The average Bonchev–Trinajstić information content (AvgIpc) is 2.66. The van der Waals surface area contributed by atoms with Gasteiger partial charge in [-0.3, -0.25) is 0 Å². The molecule has 1 heterocycles. The number of nitrogens with two attached hydrogens (primary N) is 1. The van der Waals surface area contributed by atoms with Crippen molar-refractivity contribution in [2.24, 2.45) is 5.73 Å². The molecule has 0 aliphatic heterocycles. The van der Waals surface area contributed by atoms with Gasteiger partial charge in [0.05, 0.1) is 0 Å². The Morgan fingerprint density at radius 1 is 1.53 bits per heavy atom. The van der Waals surface area contributed by atoms with Gasteiger partial charge in [-0.2, -0.15) is 11.8 Å². The van der Waals surface area contributed by atoms with Gasteiger partial charge in [-0.1, -0.05) is 6.92 Å². The Balaban J connectivity index is 2.45. The molecule has 0 aromatic carbocycles. The van der Waals surface area contributed by atoms with Gasteiger partial charge in [-0.25, -0.2) is 0 Å². The van der Waals surface area contributed by atoms with E-state index in [1.807, 2.05) is 11.8 Å². The van der Waals surface area contributed by atoms with Gasteiger partial charge in [-0.15, -0.1) is 0 Å². The van der Waals surface area contributed by atoms with Crippen molar-refractivity contribution in [3.8, 4) is 0 Å². The van der Waals surface area contributed by atoms with Crippen LogP contribution in [0.2, 0.25) is 0 Å². The molecule has 1 aromatic heterocycles. The summed E-state index contributed by atoms with van der Waals surface area (Å²) in [6.07, 6.45) is 7.62. The van der Waals surface area contributed by atoms with Gasteiger partial charge < -0.3 is 10.3 Å². The molecule has 15 heavy (non-hydrogen) atoms. The second-order valence-corrected chi connectivity index (χ2v) is 4.90. The zero-order chi connectivity index (χ0) is 11.1. The minimum absolute atomic E-state index is 0.305. The standard InChI is InChI=1S/C12H22N2S/c1-3-11(13)10-12-6-4-7-14(12)8-5-9-15-2/h4,6-7,11H,3,5,8-10,13H2,1-2H3. The van der Waals surface area contributed by atoms with Crippen LogP contribution in [-0.2, 0) is 13.0 Å². The van der Waals surface area contributed by atoms with Crippen LogP contribution in [0.1, 0.15) is 25.5 Å². The topological polar surface area (TPSA) is 30.9 Å². The van der Waals surface area contributed by atoms with E-state index in [1.165, 1.54) is 17.9 Å². The highest BCUT2D eigenvalue weighted by Gasteiger charge is 2.05. The number of aromatic nitrogens is 1. The van der Waals surface area contributed by atoms with Crippen LogP contribution in [-0.4, -0.2) is 22.6 Å². The van der Waals surface area contributed by atoms with Crippen LogP contribution in [0.3, 0.4) is 0 Å². The van der Waals surface area contributed by atoms with Gasteiger partial charge in [-0.05, 0) is 37.0 Å². The van der Waals surface area contributed by atoms with Crippen molar-refractivity contribution in [2.45, 2.75) is 38.8 Å². The molecule has 1 unspecified atom stereocenters. The maximum Gasteiger partial charge on any atom is 0.0230 e. The summed E-state index contributed by atoms with van der Waals surface area (Å²) in [6.45, 7) is 3.27. The van der Waals surface area contributed by atoms with Crippen LogP contribution in [0.4, 0.5) is 0 Å². The molecule has 0 bridgehead atoms. The van der Waals surface area contributed by atoms with Crippen molar-refractivity contribution >= 4 is 11.8 Å². The molecule has 1 atom stereocenters. The number of aryl methyl sites for hydroxylation is 1. The predicted molar refractivity (Wildman–Crippen MR) is 69.4 cm³/mol. The molecule has 0 radical (unpaired) electrons. The first kappa shape index (κ1) is 12.7. The Morgan fingerprint density at radius 3 is 3.00 bits per heavy atom.